The fourth-order valence-electron chi connectivity index (χ4n) is 2.80. The fraction of sp³-hybridized carbons (Fsp3) is 0.455. The maximum atomic E-state index is 14.3. The minimum absolute atomic E-state index is 0.144. The Kier molecular flexibility index (Phi) is 5.74. The van der Waals surface area contributed by atoms with E-state index in [0.717, 1.165) is 5.56 Å². The molecule has 0 heterocycles. The first-order chi connectivity index (χ1) is 11.9. The largest absolute Gasteiger partial charge is 0.490 e. The Morgan fingerprint density at radius 2 is 1.54 bits per heavy atom. The van der Waals surface area contributed by atoms with E-state index in [0.29, 0.717) is 12.0 Å². The van der Waals surface area contributed by atoms with Gasteiger partial charge in [0.15, 0.2) is 23.2 Å². The van der Waals surface area contributed by atoms with Crippen LogP contribution in [-0.4, -0.2) is 6.61 Å². The van der Waals surface area contributed by atoms with Gasteiger partial charge in [-0.05, 0) is 53.0 Å². The molecule has 26 heavy (non-hydrogen) atoms. The summed E-state index contributed by atoms with van der Waals surface area (Å²) < 4.78 is 47.9. The second-order valence-electron chi connectivity index (χ2n) is 8.44. The third-order valence-corrected chi connectivity index (χ3v) is 4.79. The Morgan fingerprint density at radius 3 is 2.12 bits per heavy atom. The average Bonchev–Trinajstić information content (AvgIpc) is 2.52. The molecule has 0 unspecified atom stereocenters. The zero-order valence-electron chi connectivity index (χ0n) is 16.3. The highest BCUT2D eigenvalue weighted by Gasteiger charge is 2.27. The second kappa shape index (κ2) is 7.34. The summed E-state index contributed by atoms with van der Waals surface area (Å²) >= 11 is 0. The maximum absolute atomic E-state index is 14.3. The van der Waals surface area contributed by atoms with E-state index in [2.05, 4.69) is 0 Å². The predicted octanol–water partition coefficient (Wildman–Crippen LogP) is 6.46. The van der Waals surface area contributed by atoms with Gasteiger partial charge in [0.1, 0.15) is 0 Å². The molecule has 0 radical (unpaired) electrons. The SMILES string of the molecule is Cc1ccc(C(C)(C)CCOc2ccc(C(C)(C)C)cc2F)c(F)c1F. The Hall–Kier alpha value is -1.97. The lowest BCUT2D eigenvalue weighted by molar-refractivity contribution is 0.258. The van der Waals surface area contributed by atoms with E-state index in [1.165, 1.54) is 13.0 Å². The highest BCUT2D eigenvalue weighted by molar-refractivity contribution is 5.33. The van der Waals surface area contributed by atoms with Gasteiger partial charge in [-0.1, -0.05) is 52.8 Å². The maximum Gasteiger partial charge on any atom is 0.165 e. The van der Waals surface area contributed by atoms with Crippen molar-refractivity contribution in [2.75, 3.05) is 6.61 Å². The van der Waals surface area contributed by atoms with Crippen LogP contribution in [0, 0.1) is 24.4 Å². The molecule has 0 bridgehead atoms. The van der Waals surface area contributed by atoms with Gasteiger partial charge < -0.3 is 4.74 Å². The van der Waals surface area contributed by atoms with Crippen LogP contribution in [0.15, 0.2) is 30.3 Å². The minimum Gasteiger partial charge on any atom is -0.490 e. The number of aryl methyl sites for hydroxylation is 1. The van der Waals surface area contributed by atoms with Crippen LogP contribution < -0.4 is 4.74 Å². The van der Waals surface area contributed by atoms with Crippen molar-refractivity contribution in [3.63, 3.8) is 0 Å². The van der Waals surface area contributed by atoms with Gasteiger partial charge in [-0.15, -0.1) is 0 Å². The van der Waals surface area contributed by atoms with Gasteiger partial charge in [-0.3, -0.25) is 0 Å². The quantitative estimate of drug-likeness (QED) is 0.592. The molecule has 0 saturated heterocycles. The number of ether oxygens (including phenoxy) is 1. The Morgan fingerprint density at radius 1 is 0.885 bits per heavy atom. The summed E-state index contributed by atoms with van der Waals surface area (Å²) in [6.07, 6.45) is 0.423. The van der Waals surface area contributed by atoms with Gasteiger partial charge in [0.25, 0.3) is 0 Å². The van der Waals surface area contributed by atoms with Crippen LogP contribution in [-0.2, 0) is 10.8 Å². The second-order valence-corrected chi connectivity index (χ2v) is 8.44. The third-order valence-electron chi connectivity index (χ3n) is 4.79. The van der Waals surface area contributed by atoms with E-state index in [4.69, 9.17) is 4.74 Å². The van der Waals surface area contributed by atoms with E-state index in [-0.39, 0.29) is 23.3 Å². The lowest BCUT2D eigenvalue weighted by atomic mass is 9.81. The van der Waals surface area contributed by atoms with Gasteiger partial charge in [-0.2, -0.15) is 0 Å². The highest BCUT2D eigenvalue weighted by Crippen LogP contribution is 2.32. The van der Waals surface area contributed by atoms with Crippen molar-refractivity contribution in [1.82, 2.24) is 0 Å². The first-order valence-electron chi connectivity index (χ1n) is 8.81. The Bertz CT molecular complexity index is 789. The molecule has 0 N–H and O–H groups in total. The number of hydrogen-bond acceptors (Lipinski definition) is 1. The van der Waals surface area contributed by atoms with Crippen molar-refractivity contribution in [3.05, 3.63) is 64.5 Å². The van der Waals surface area contributed by atoms with Gasteiger partial charge >= 0.3 is 0 Å². The molecule has 0 aliphatic rings. The summed E-state index contributed by atoms with van der Waals surface area (Å²) in [5.41, 5.74) is 0.682. The average molecular weight is 364 g/mol. The zero-order chi connectivity index (χ0) is 19.7. The Balaban J connectivity index is 2.08. The molecule has 0 aromatic heterocycles. The predicted molar refractivity (Wildman–Crippen MR) is 99.3 cm³/mol. The molecule has 0 saturated carbocycles. The minimum atomic E-state index is -0.823. The topological polar surface area (TPSA) is 9.23 Å². The number of benzene rings is 2. The lowest BCUT2D eigenvalue weighted by Gasteiger charge is -2.26. The van der Waals surface area contributed by atoms with Crippen molar-refractivity contribution in [3.8, 4) is 5.75 Å². The van der Waals surface area contributed by atoms with Gasteiger partial charge in [0, 0.05) is 0 Å². The summed E-state index contributed by atoms with van der Waals surface area (Å²) in [5.74, 6) is -1.89. The monoisotopic (exact) mass is 364 g/mol. The summed E-state index contributed by atoms with van der Waals surface area (Å²) in [6.45, 7) is 11.4. The molecule has 1 nitrogen and oxygen atoms in total. The van der Waals surface area contributed by atoms with Gasteiger partial charge in [0.2, 0.25) is 0 Å². The fourth-order valence-corrected chi connectivity index (χ4v) is 2.80. The van der Waals surface area contributed by atoms with E-state index in [1.807, 2.05) is 40.7 Å². The highest BCUT2D eigenvalue weighted by atomic mass is 19.2. The molecule has 2 aromatic carbocycles. The summed E-state index contributed by atoms with van der Waals surface area (Å²) in [4.78, 5) is 0. The van der Waals surface area contributed by atoms with Crippen molar-refractivity contribution in [1.29, 1.82) is 0 Å². The normalized spacial score (nSPS) is 12.3. The molecule has 0 aliphatic carbocycles. The van der Waals surface area contributed by atoms with E-state index < -0.39 is 22.9 Å². The summed E-state index contributed by atoms with van der Waals surface area (Å²) in [7, 11) is 0. The molecule has 2 aromatic rings. The molecule has 2 rings (SSSR count). The number of halogens is 3. The molecular weight excluding hydrogens is 337 g/mol. The van der Waals surface area contributed by atoms with Crippen LogP contribution in [0.3, 0.4) is 0 Å². The lowest BCUT2D eigenvalue weighted by Crippen LogP contribution is -2.23. The van der Waals surface area contributed by atoms with Crippen molar-refractivity contribution < 1.29 is 17.9 Å². The summed E-state index contributed by atoms with van der Waals surface area (Å²) in [5, 5.41) is 0. The van der Waals surface area contributed by atoms with E-state index in [1.54, 1.807) is 18.2 Å². The van der Waals surface area contributed by atoms with Crippen LogP contribution in [0.25, 0.3) is 0 Å². The first-order valence-corrected chi connectivity index (χ1v) is 8.81. The van der Waals surface area contributed by atoms with Crippen LogP contribution >= 0.6 is 0 Å². The van der Waals surface area contributed by atoms with Gasteiger partial charge in [0.05, 0.1) is 6.61 Å². The van der Waals surface area contributed by atoms with E-state index in [9.17, 15) is 13.2 Å². The number of rotatable bonds is 5. The van der Waals surface area contributed by atoms with Crippen LogP contribution in [0.1, 0.15) is 57.7 Å². The Labute approximate surface area is 154 Å². The van der Waals surface area contributed by atoms with Crippen molar-refractivity contribution >= 4 is 0 Å². The molecule has 4 heteroatoms. The molecule has 0 aliphatic heterocycles. The molecule has 0 fully saturated rings. The van der Waals surface area contributed by atoms with E-state index >= 15 is 0 Å². The molecule has 0 spiro atoms. The molecular formula is C22H27F3O. The van der Waals surface area contributed by atoms with Crippen molar-refractivity contribution in [2.24, 2.45) is 0 Å². The molecule has 142 valence electrons. The molecule has 0 amide bonds. The van der Waals surface area contributed by atoms with Crippen LogP contribution in [0.5, 0.6) is 5.75 Å². The zero-order valence-corrected chi connectivity index (χ0v) is 16.3. The first kappa shape index (κ1) is 20.3. The smallest absolute Gasteiger partial charge is 0.165 e. The number of hydrogen-bond donors (Lipinski definition) is 0. The standard InChI is InChI=1S/C22H27F3O/c1-14-7-9-16(20(25)19(14)24)22(5,6)11-12-26-18-10-8-15(13-17(18)23)21(2,3)4/h7-10,13H,11-12H2,1-6H3. The molecule has 0 atom stereocenters. The van der Waals surface area contributed by atoms with Crippen LogP contribution in [0.4, 0.5) is 13.2 Å². The third kappa shape index (κ3) is 4.40. The van der Waals surface area contributed by atoms with Crippen LogP contribution in [0.2, 0.25) is 0 Å². The van der Waals surface area contributed by atoms with Crippen molar-refractivity contribution in [2.45, 2.75) is 58.8 Å². The summed E-state index contributed by atoms with van der Waals surface area (Å²) in [6, 6.07) is 8.12. The van der Waals surface area contributed by atoms with Gasteiger partial charge in [-0.25, -0.2) is 13.2 Å².